The maximum Gasteiger partial charge on any atom is 0.363 e. The third-order valence-corrected chi connectivity index (χ3v) is 4.06. The zero-order valence-corrected chi connectivity index (χ0v) is 15.2. The number of hydrogen-bond donors (Lipinski definition) is 0. The predicted molar refractivity (Wildman–Crippen MR) is 101 cm³/mol. The van der Waals surface area contributed by atoms with Gasteiger partial charge in [0.25, 0.3) is 5.69 Å². The second-order valence-electron chi connectivity index (χ2n) is 5.94. The van der Waals surface area contributed by atoms with Crippen LogP contribution in [0.4, 0.5) is 5.69 Å². The molecular weight excluding hydrogens is 364 g/mol. The van der Waals surface area contributed by atoms with Gasteiger partial charge in [-0.2, -0.15) is 0 Å². The van der Waals surface area contributed by atoms with Crippen molar-refractivity contribution in [3.05, 3.63) is 75.0 Å². The summed E-state index contributed by atoms with van der Waals surface area (Å²) in [7, 11) is 0. The van der Waals surface area contributed by atoms with Crippen molar-refractivity contribution < 1.29 is 24.0 Å². The summed E-state index contributed by atoms with van der Waals surface area (Å²) in [5.41, 5.74) is 1.39. The average molecular weight is 380 g/mol. The number of esters is 2. The Hall–Kier alpha value is -3.81. The molecule has 28 heavy (non-hydrogen) atoms. The molecule has 1 heterocycles. The quantitative estimate of drug-likeness (QED) is 0.258. The standard InChI is InChI=1S/C20H16N2O6/c1-3-18(23)27-14-9-7-13(8-10-14)11-16-20(24)28-19(21-16)15-5-4-6-17(12(15)2)22(25)26/h4-11H,3H2,1-2H3/b16-11-. The number of carbonyl (C=O) groups is 2. The van der Waals surface area contributed by atoms with Crippen molar-refractivity contribution >= 4 is 29.6 Å². The van der Waals surface area contributed by atoms with Crippen molar-refractivity contribution in [3.63, 3.8) is 0 Å². The van der Waals surface area contributed by atoms with Crippen LogP contribution in [0.1, 0.15) is 30.0 Å². The number of rotatable bonds is 5. The van der Waals surface area contributed by atoms with E-state index >= 15 is 0 Å². The predicted octanol–water partition coefficient (Wildman–Crippen LogP) is 3.56. The lowest BCUT2D eigenvalue weighted by molar-refractivity contribution is -0.385. The van der Waals surface area contributed by atoms with E-state index in [0.717, 1.165) is 0 Å². The highest BCUT2D eigenvalue weighted by molar-refractivity contribution is 6.13. The Morgan fingerprint density at radius 1 is 1.25 bits per heavy atom. The molecule has 0 fully saturated rings. The molecule has 0 radical (unpaired) electrons. The number of ether oxygens (including phenoxy) is 2. The van der Waals surface area contributed by atoms with E-state index in [4.69, 9.17) is 9.47 Å². The van der Waals surface area contributed by atoms with E-state index < -0.39 is 10.9 Å². The molecule has 0 N–H and O–H groups in total. The summed E-state index contributed by atoms with van der Waals surface area (Å²) in [6.07, 6.45) is 1.79. The highest BCUT2D eigenvalue weighted by atomic mass is 16.6. The SMILES string of the molecule is CCC(=O)Oc1ccc(/C=C2\N=C(c3cccc([N+](=O)[O-])c3C)OC2=O)cc1. The number of hydrogen-bond acceptors (Lipinski definition) is 7. The first-order valence-corrected chi connectivity index (χ1v) is 8.46. The van der Waals surface area contributed by atoms with Gasteiger partial charge in [0.1, 0.15) is 5.75 Å². The third-order valence-electron chi connectivity index (χ3n) is 4.06. The van der Waals surface area contributed by atoms with E-state index in [-0.39, 0.29) is 29.7 Å². The Kier molecular flexibility index (Phi) is 5.30. The summed E-state index contributed by atoms with van der Waals surface area (Å²) in [4.78, 5) is 38.2. The van der Waals surface area contributed by atoms with Crippen LogP contribution in [-0.2, 0) is 14.3 Å². The van der Waals surface area contributed by atoms with E-state index in [1.807, 2.05) is 0 Å². The maximum absolute atomic E-state index is 12.1. The fraction of sp³-hybridized carbons (Fsp3) is 0.150. The fourth-order valence-corrected chi connectivity index (χ4v) is 2.57. The molecule has 3 rings (SSSR count). The number of nitrogens with zero attached hydrogens (tertiary/aromatic N) is 2. The number of benzene rings is 2. The highest BCUT2D eigenvalue weighted by Gasteiger charge is 2.27. The first-order valence-electron chi connectivity index (χ1n) is 8.46. The summed E-state index contributed by atoms with van der Waals surface area (Å²) in [5, 5.41) is 11.1. The molecule has 0 aromatic heterocycles. The van der Waals surface area contributed by atoms with Gasteiger partial charge in [-0.1, -0.05) is 25.1 Å². The van der Waals surface area contributed by atoms with Gasteiger partial charge in [0.15, 0.2) is 5.70 Å². The lowest BCUT2D eigenvalue weighted by Crippen LogP contribution is -2.08. The van der Waals surface area contributed by atoms with Crippen molar-refractivity contribution in [1.29, 1.82) is 0 Å². The Labute approximate surface area is 160 Å². The number of cyclic esters (lactones) is 1. The van der Waals surface area contributed by atoms with Gasteiger partial charge in [0.05, 0.1) is 4.92 Å². The van der Waals surface area contributed by atoms with Crippen LogP contribution in [0, 0.1) is 17.0 Å². The monoisotopic (exact) mass is 380 g/mol. The molecule has 142 valence electrons. The molecule has 0 atom stereocenters. The molecule has 2 aromatic rings. The van der Waals surface area contributed by atoms with E-state index in [9.17, 15) is 19.7 Å². The van der Waals surface area contributed by atoms with Crippen molar-refractivity contribution in [3.8, 4) is 5.75 Å². The number of nitro benzene ring substituents is 1. The Morgan fingerprint density at radius 2 is 1.96 bits per heavy atom. The minimum atomic E-state index is -0.651. The molecule has 8 heteroatoms. The normalized spacial score (nSPS) is 14.6. The smallest absolute Gasteiger partial charge is 0.363 e. The van der Waals surface area contributed by atoms with Crippen LogP contribution >= 0.6 is 0 Å². The lowest BCUT2D eigenvalue weighted by Gasteiger charge is -2.04. The van der Waals surface area contributed by atoms with Gasteiger partial charge in [0, 0.05) is 23.6 Å². The van der Waals surface area contributed by atoms with Gasteiger partial charge in [-0.3, -0.25) is 14.9 Å². The number of nitro groups is 1. The van der Waals surface area contributed by atoms with Gasteiger partial charge in [-0.15, -0.1) is 0 Å². The molecule has 0 aliphatic carbocycles. The van der Waals surface area contributed by atoms with Gasteiger partial charge in [-0.25, -0.2) is 9.79 Å². The molecule has 0 spiro atoms. The van der Waals surface area contributed by atoms with Gasteiger partial charge < -0.3 is 9.47 Å². The second kappa shape index (κ2) is 7.83. The molecule has 1 aliphatic heterocycles. The summed E-state index contributed by atoms with van der Waals surface area (Å²) < 4.78 is 10.3. The van der Waals surface area contributed by atoms with Crippen LogP contribution in [0.2, 0.25) is 0 Å². The van der Waals surface area contributed by atoms with E-state index in [1.165, 1.54) is 18.2 Å². The summed E-state index contributed by atoms with van der Waals surface area (Å²) >= 11 is 0. The largest absolute Gasteiger partial charge is 0.427 e. The first-order chi connectivity index (χ1) is 13.4. The highest BCUT2D eigenvalue weighted by Crippen LogP contribution is 2.26. The molecule has 0 amide bonds. The zero-order chi connectivity index (χ0) is 20.3. The van der Waals surface area contributed by atoms with E-state index in [2.05, 4.69) is 4.99 Å². The van der Waals surface area contributed by atoms with Crippen LogP contribution < -0.4 is 4.74 Å². The number of aliphatic imine (C=N–C) groups is 1. The van der Waals surface area contributed by atoms with Crippen LogP contribution in [0.25, 0.3) is 6.08 Å². The van der Waals surface area contributed by atoms with Gasteiger partial charge in [0.2, 0.25) is 5.90 Å². The molecule has 2 aromatic carbocycles. The van der Waals surface area contributed by atoms with Crippen molar-refractivity contribution in [2.45, 2.75) is 20.3 Å². The van der Waals surface area contributed by atoms with E-state index in [1.54, 1.807) is 44.2 Å². The van der Waals surface area contributed by atoms with Crippen molar-refractivity contribution in [1.82, 2.24) is 0 Å². The van der Waals surface area contributed by atoms with Crippen LogP contribution in [0.3, 0.4) is 0 Å². The maximum atomic E-state index is 12.1. The summed E-state index contributed by atoms with van der Waals surface area (Å²) in [6, 6.07) is 11.0. The Morgan fingerprint density at radius 3 is 2.61 bits per heavy atom. The zero-order valence-electron chi connectivity index (χ0n) is 15.2. The van der Waals surface area contributed by atoms with Crippen LogP contribution in [0.15, 0.2) is 53.2 Å². The molecule has 8 nitrogen and oxygen atoms in total. The van der Waals surface area contributed by atoms with Gasteiger partial charge >= 0.3 is 11.9 Å². The van der Waals surface area contributed by atoms with Crippen molar-refractivity contribution in [2.75, 3.05) is 0 Å². The van der Waals surface area contributed by atoms with Gasteiger partial charge in [-0.05, 0) is 36.8 Å². The third kappa shape index (κ3) is 3.96. The second-order valence-corrected chi connectivity index (χ2v) is 5.94. The van der Waals surface area contributed by atoms with E-state index in [0.29, 0.717) is 22.4 Å². The molecule has 1 aliphatic rings. The fourth-order valence-electron chi connectivity index (χ4n) is 2.57. The summed E-state index contributed by atoms with van der Waals surface area (Å²) in [5.74, 6) is -0.570. The van der Waals surface area contributed by atoms with Crippen molar-refractivity contribution in [2.24, 2.45) is 4.99 Å². The molecule has 0 saturated heterocycles. The minimum absolute atomic E-state index is 0.0194. The first kappa shape index (κ1) is 19.0. The lowest BCUT2D eigenvalue weighted by atomic mass is 10.1. The van der Waals surface area contributed by atoms with Crippen LogP contribution in [0.5, 0.6) is 5.75 Å². The molecule has 0 unspecified atom stereocenters. The Balaban J connectivity index is 1.87. The molecular formula is C20H16N2O6. The molecule has 0 bridgehead atoms. The minimum Gasteiger partial charge on any atom is -0.427 e. The molecule has 0 saturated carbocycles. The summed E-state index contributed by atoms with van der Waals surface area (Å²) in [6.45, 7) is 3.27. The van der Waals surface area contributed by atoms with Crippen LogP contribution in [-0.4, -0.2) is 22.8 Å². The number of carbonyl (C=O) groups excluding carboxylic acids is 2. The Bertz CT molecular complexity index is 1020. The average Bonchev–Trinajstić information content (AvgIpc) is 3.03. The topological polar surface area (TPSA) is 108 Å².